The Morgan fingerprint density at radius 3 is 2.70 bits per heavy atom. The van der Waals surface area contributed by atoms with Crippen LogP contribution >= 0.6 is 0 Å². The van der Waals surface area contributed by atoms with E-state index >= 15 is 0 Å². The molecule has 2 aromatic carbocycles. The van der Waals surface area contributed by atoms with Crippen LogP contribution in [-0.2, 0) is 24.2 Å². The lowest BCUT2D eigenvalue weighted by Crippen LogP contribution is -2.36. The van der Waals surface area contributed by atoms with Crippen LogP contribution in [0, 0.1) is 0 Å². The molecule has 0 saturated carbocycles. The summed E-state index contributed by atoms with van der Waals surface area (Å²) in [7, 11) is 1.57. The highest BCUT2D eigenvalue weighted by molar-refractivity contribution is 5.94. The van der Waals surface area contributed by atoms with Gasteiger partial charge in [-0.2, -0.15) is 0 Å². The molecule has 1 aromatic heterocycles. The number of aliphatic carboxylic acids is 1. The average molecular weight is 501 g/mol. The van der Waals surface area contributed by atoms with Crippen LogP contribution in [-0.4, -0.2) is 47.1 Å². The zero-order chi connectivity index (χ0) is 25.8. The van der Waals surface area contributed by atoms with E-state index in [2.05, 4.69) is 23.2 Å². The topological polar surface area (TPSA) is 89.0 Å². The monoisotopic (exact) mass is 500 g/mol. The number of hydrogen-bond acceptors (Lipinski definition) is 5. The molecule has 1 amide bonds. The SMILES string of the molecule is COc1cc2ncc1[C@H](CC(=O)O)c1ccc3c(c1)CN(CC3)C(=O)c1ccc(cc1)CCCCCO2. The molecule has 192 valence electrons. The molecular formula is C30H32N2O5. The van der Waals surface area contributed by atoms with Crippen molar-refractivity contribution in [2.24, 2.45) is 0 Å². The second-order valence-electron chi connectivity index (χ2n) is 9.78. The van der Waals surface area contributed by atoms with Crippen molar-refractivity contribution in [1.82, 2.24) is 9.88 Å². The van der Waals surface area contributed by atoms with Crippen LogP contribution in [0.1, 0.15) is 69.8 Å². The fraction of sp³-hybridized carbons (Fsp3) is 0.367. The molecule has 0 spiro atoms. The summed E-state index contributed by atoms with van der Waals surface area (Å²) in [4.78, 5) is 31.5. The number of ether oxygens (including phenoxy) is 2. The number of carbonyl (C=O) groups is 2. The fourth-order valence-corrected chi connectivity index (χ4v) is 5.28. The number of aryl methyl sites for hydroxylation is 1. The molecular weight excluding hydrogens is 468 g/mol. The first-order valence-electron chi connectivity index (χ1n) is 12.9. The van der Waals surface area contributed by atoms with Crippen molar-refractivity contribution in [3.05, 3.63) is 88.1 Å². The van der Waals surface area contributed by atoms with Crippen LogP contribution in [0.4, 0.5) is 0 Å². The van der Waals surface area contributed by atoms with Gasteiger partial charge in [0.05, 0.1) is 20.1 Å². The standard InChI is InChI=1S/C30H32N2O5/c1-36-27-17-28-31-18-26(27)25(16-29(33)34)23-11-10-21-12-13-32(19-24(21)15-23)30(35)22-8-6-20(7-9-22)5-3-2-4-14-37-28/h6-11,15,17-18,25H,2-5,12-14,16,19H2,1H3,(H,33,34)/t25-/m1/s1. The predicted octanol–water partition coefficient (Wildman–Crippen LogP) is 5.00. The molecule has 0 radical (unpaired) electrons. The van der Waals surface area contributed by atoms with Gasteiger partial charge in [-0.25, -0.2) is 4.98 Å². The largest absolute Gasteiger partial charge is 0.496 e. The summed E-state index contributed by atoms with van der Waals surface area (Å²) < 4.78 is 11.5. The number of aromatic nitrogens is 1. The van der Waals surface area contributed by atoms with Crippen LogP contribution in [0.2, 0.25) is 0 Å². The Kier molecular flexibility index (Phi) is 7.40. The minimum absolute atomic E-state index is 0.0224. The second-order valence-corrected chi connectivity index (χ2v) is 9.78. The number of carboxylic acids is 1. The number of amides is 1. The maximum atomic E-state index is 13.3. The van der Waals surface area contributed by atoms with Gasteiger partial charge in [0.2, 0.25) is 5.88 Å². The predicted molar refractivity (Wildman–Crippen MR) is 139 cm³/mol. The van der Waals surface area contributed by atoms with E-state index in [4.69, 9.17) is 9.47 Å². The third kappa shape index (κ3) is 5.61. The Balaban J connectivity index is 1.53. The van der Waals surface area contributed by atoms with E-state index in [1.165, 1.54) is 11.1 Å². The number of benzene rings is 2. The quantitative estimate of drug-likeness (QED) is 0.544. The van der Waals surface area contributed by atoms with Crippen molar-refractivity contribution in [2.75, 3.05) is 20.3 Å². The molecule has 1 atom stereocenters. The van der Waals surface area contributed by atoms with Crippen molar-refractivity contribution in [2.45, 2.75) is 51.0 Å². The molecule has 37 heavy (non-hydrogen) atoms. The van der Waals surface area contributed by atoms with E-state index in [1.54, 1.807) is 19.4 Å². The summed E-state index contributed by atoms with van der Waals surface area (Å²) in [6.45, 7) is 1.69. The fourth-order valence-electron chi connectivity index (χ4n) is 5.28. The summed E-state index contributed by atoms with van der Waals surface area (Å²) in [5.74, 6) is -0.314. The van der Waals surface area contributed by atoms with Gasteiger partial charge in [0.25, 0.3) is 5.91 Å². The highest BCUT2D eigenvalue weighted by atomic mass is 16.5. The number of hydrogen-bond donors (Lipinski definition) is 1. The average Bonchev–Trinajstić information content (AvgIpc) is 2.92. The molecule has 7 nitrogen and oxygen atoms in total. The third-order valence-electron chi connectivity index (χ3n) is 7.34. The molecule has 5 aliphatic rings. The van der Waals surface area contributed by atoms with Gasteiger partial charge in [-0.1, -0.05) is 30.3 Å². The number of carboxylic acid groups (broad SMARTS) is 1. The van der Waals surface area contributed by atoms with Gasteiger partial charge < -0.3 is 19.5 Å². The molecule has 1 N–H and O–H groups in total. The summed E-state index contributed by atoms with van der Waals surface area (Å²) in [5.41, 5.74) is 5.71. The van der Waals surface area contributed by atoms with E-state index in [0.29, 0.717) is 42.5 Å². The highest BCUT2D eigenvalue weighted by Gasteiger charge is 2.26. The molecule has 7 heteroatoms. The Labute approximate surface area is 217 Å². The van der Waals surface area contributed by atoms with E-state index in [9.17, 15) is 14.7 Å². The molecule has 3 aromatic rings. The maximum Gasteiger partial charge on any atom is 0.304 e. The van der Waals surface area contributed by atoms with Crippen LogP contribution in [0.5, 0.6) is 11.6 Å². The van der Waals surface area contributed by atoms with Crippen LogP contribution in [0.15, 0.2) is 54.7 Å². The Hall–Kier alpha value is -3.87. The van der Waals surface area contributed by atoms with Crippen LogP contribution < -0.4 is 9.47 Å². The zero-order valence-corrected chi connectivity index (χ0v) is 21.1. The van der Waals surface area contributed by atoms with Gasteiger partial charge in [0.15, 0.2) is 0 Å². The van der Waals surface area contributed by atoms with Gasteiger partial charge in [0, 0.05) is 42.4 Å². The van der Waals surface area contributed by atoms with Crippen molar-refractivity contribution >= 4 is 11.9 Å². The maximum absolute atomic E-state index is 13.3. The lowest BCUT2D eigenvalue weighted by Gasteiger charge is -2.30. The summed E-state index contributed by atoms with van der Waals surface area (Å²) in [5, 5.41) is 9.74. The van der Waals surface area contributed by atoms with Crippen molar-refractivity contribution in [3.63, 3.8) is 0 Å². The smallest absolute Gasteiger partial charge is 0.304 e. The number of pyridine rings is 1. The van der Waals surface area contributed by atoms with Gasteiger partial charge in [-0.3, -0.25) is 9.59 Å². The molecule has 6 heterocycles. The second kappa shape index (κ2) is 11.0. The number of nitrogens with zero attached hydrogens (tertiary/aromatic N) is 2. The normalized spacial score (nSPS) is 17.8. The highest BCUT2D eigenvalue weighted by Crippen LogP contribution is 2.37. The first-order chi connectivity index (χ1) is 18.0. The molecule has 8 rings (SSSR count). The van der Waals surface area contributed by atoms with Crippen molar-refractivity contribution < 1.29 is 24.2 Å². The Morgan fingerprint density at radius 2 is 1.92 bits per heavy atom. The Bertz CT molecular complexity index is 1290. The van der Waals surface area contributed by atoms with Gasteiger partial charge in [-0.15, -0.1) is 0 Å². The zero-order valence-electron chi connectivity index (χ0n) is 21.1. The summed E-state index contributed by atoms with van der Waals surface area (Å²) in [6, 6.07) is 15.8. The van der Waals surface area contributed by atoms with Gasteiger partial charge >= 0.3 is 5.97 Å². The molecule has 0 aliphatic carbocycles. The van der Waals surface area contributed by atoms with Gasteiger partial charge in [-0.05, 0) is 66.5 Å². The summed E-state index contributed by atoms with van der Waals surface area (Å²) in [6.07, 6.45) is 6.23. The van der Waals surface area contributed by atoms with E-state index in [0.717, 1.165) is 43.2 Å². The first kappa shape index (κ1) is 24.8. The van der Waals surface area contributed by atoms with Crippen LogP contribution in [0.3, 0.4) is 0 Å². The number of methoxy groups -OCH3 is 1. The van der Waals surface area contributed by atoms with E-state index in [-0.39, 0.29) is 12.3 Å². The van der Waals surface area contributed by atoms with Crippen molar-refractivity contribution in [1.29, 1.82) is 0 Å². The lowest BCUT2D eigenvalue weighted by atomic mass is 9.86. The summed E-state index contributed by atoms with van der Waals surface area (Å²) >= 11 is 0. The van der Waals surface area contributed by atoms with Gasteiger partial charge in [0.1, 0.15) is 5.75 Å². The molecule has 0 unspecified atom stereocenters. The number of carbonyl (C=O) groups excluding carboxylic acids is 1. The third-order valence-corrected chi connectivity index (χ3v) is 7.34. The van der Waals surface area contributed by atoms with Crippen molar-refractivity contribution in [3.8, 4) is 11.6 Å². The molecule has 5 aliphatic heterocycles. The minimum Gasteiger partial charge on any atom is -0.496 e. The van der Waals surface area contributed by atoms with E-state index < -0.39 is 11.9 Å². The number of rotatable bonds is 3. The lowest BCUT2D eigenvalue weighted by molar-refractivity contribution is -0.137. The molecule has 7 bridgehead atoms. The Morgan fingerprint density at radius 1 is 1.08 bits per heavy atom. The molecule has 0 saturated heterocycles. The minimum atomic E-state index is -0.907. The first-order valence-corrected chi connectivity index (χ1v) is 12.9. The van der Waals surface area contributed by atoms with E-state index in [1.807, 2.05) is 29.2 Å². The molecule has 0 fully saturated rings. The van der Waals surface area contributed by atoms with Crippen LogP contribution in [0.25, 0.3) is 0 Å².